The third-order valence-corrected chi connectivity index (χ3v) is 1.87. The monoisotopic (exact) mass is 205 g/mol. The number of nitrogens with zero attached hydrogens (tertiary/aromatic N) is 1. The Bertz CT molecular complexity index is 344. The van der Waals surface area contributed by atoms with E-state index in [1.54, 1.807) is 6.92 Å². The van der Waals surface area contributed by atoms with Gasteiger partial charge in [-0.3, -0.25) is 0 Å². The minimum atomic E-state index is -0.330. The molecule has 1 aromatic carbocycles. The van der Waals surface area contributed by atoms with Crippen molar-refractivity contribution >= 4 is 17.4 Å². The molecule has 3 nitrogen and oxygen atoms in total. The number of rotatable bonds is 4. The van der Waals surface area contributed by atoms with Crippen LogP contribution in [0.25, 0.3) is 0 Å². The number of aliphatic imine (C=N–C) groups is 1. The molecule has 0 aliphatic heterocycles. The van der Waals surface area contributed by atoms with Crippen molar-refractivity contribution in [1.82, 2.24) is 0 Å². The molecule has 0 bridgehead atoms. The van der Waals surface area contributed by atoms with Crippen LogP contribution >= 0.6 is 0 Å². The van der Waals surface area contributed by atoms with E-state index in [0.717, 1.165) is 5.69 Å². The maximum atomic E-state index is 11.4. The van der Waals surface area contributed by atoms with Crippen LogP contribution < -0.4 is 0 Å². The zero-order valence-corrected chi connectivity index (χ0v) is 9.06. The molecule has 0 aliphatic rings. The maximum Gasteiger partial charge on any atom is 0.352 e. The summed E-state index contributed by atoms with van der Waals surface area (Å²) in [5, 5.41) is 0. The Balaban J connectivity index is 2.83. The van der Waals surface area contributed by atoms with E-state index in [-0.39, 0.29) is 5.97 Å². The van der Waals surface area contributed by atoms with Crippen molar-refractivity contribution in [3.8, 4) is 0 Å². The van der Waals surface area contributed by atoms with Gasteiger partial charge in [-0.15, -0.1) is 0 Å². The number of ether oxygens (including phenoxy) is 1. The minimum Gasteiger partial charge on any atom is -0.462 e. The molecule has 0 saturated carbocycles. The molecule has 1 rings (SSSR count). The van der Waals surface area contributed by atoms with Gasteiger partial charge in [0.1, 0.15) is 5.71 Å². The van der Waals surface area contributed by atoms with Crippen molar-refractivity contribution in [1.29, 1.82) is 0 Å². The van der Waals surface area contributed by atoms with Crippen molar-refractivity contribution < 1.29 is 9.53 Å². The molecule has 3 heteroatoms. The summed E-state index contributed by atoms with van der Waals surface area (Å²) in [6.07, 6.45) is 0.577. The quantitative estimate of drug-likeness (QED) is 0.560. The summed E-state index contributed by atoms with van der Waals surface area (Å²) < 4.78 is 4.90. The second-order valence-electron chi connectivity index (χ2n) is 2.97. The predicted molar refractivity (Wildman–Crippen MR) is 60.5 cm³/mol. The number of esters is 1. The maximum absolute atomic E-state index is 11.4. The highest BCUT2D eigenvalue weighted by atomic mass is 16.5. The van der Waals surface area contributed by atoms with Gasteiger partial charge in [0.2, 0.25) is 0 Å². The van der Waals surface area contributed by atoms with E-state index < -0.39 is 0 Å². The summed E-state index contributed by atoms with van der Waals surface area (Å²) in [6, 6.07) is 9.40. The Morgan fingerprint density at radius 3 is 2.47 bits per heavy atom. The van der Waals surface area contributed by atoms with Crippen molar-refractivity contribution in [3.05, 3.63) is 30.3 Å². The highest BCUT2D eigenvalue weighted by molar-refractivity contribution is 6.36. The van der Waals surface area contributed by atoms with Gasteiger partial charge in [-0.25, -0.2) is 9.79 Å². The first-order valence-electron chi connectivity index (χ1n) is 5.07. The van der Waals surface area contributed by atoms with Gasteiger partial charge in [0.15, 0.2) is 0 Å². The highest BCUT2D eigenvalue weighted by Gasteiger charge is 2.09. The van der Waals surface area contributed by atoms with Gasteiger partial charge in [0.05, 0.1) is 12.3 Å². The van der Waals surface area contributed by atoms with Crippen LogP contribution in [-0.2, 0) is 9.53 Å². The first-order chi connectivity index (χ1) is 7.27. The number of hydrogen-bond donors (Lipinski definition) is 0. The van der Waals surface area contributed by atoms with E-state index in [4.69, 9.17) is 4.74 Å². The SMILES string of the molecule is CCOC(=O)C(CC)=Nc1ccccc1. The molecule has 1 aromatic rings. The molecule has 0 atom stereocenters. The molecule has 0 radical (unpaired) electrons. The largest absolute Gasteiger partial charge is 0.462 e. The van der Waals surface area contributed by atoms with Crippen LogP contribution in [0, 0.1) is 0 Å². The molecule has 0 heterocycles. The number of hydrogen-bond acceptors (Lipinski definition) is 3. The van der Waals surface area contributed by atoms with E-state index >= 15 is 0 Å². The Morgan fingerprint density at radius 1 is 1.27 bits per heavy atom. The van der Waals surface area contributed by atoms with E-state index in [1.807, 2.05) is 37.3 Å². The smallest absolute Gasteiger partial charge is 0.352 e. The summed E-state index contributed by atoms with van der Waals surface area (Å²) in [7, 11) is 0. The van der Waals surface area contributed by atoms with E-state index in [2.05, 4.69) is 4.99 Å². The second kappa shape index (κ2) is 5.96. The number of benzene rings is 1. The topological polar surface area (TPSA) is 38.7 Å². The fraction of sp³-hybridized carbons (Fsp3) is 0.333. The predicted octanol–water partition coefficient (Wildman–Crippen LogP) is 2.73. The van der Waals surface area contributed by atoms with Crippen LogP contribution in [-0.4, -0.2) is 18.3 Å². The van der Waals surface area contributed by atoms with Crippen LogP contribution in [0.15, 0.2) is 35.3 Å². The van der Waals surface area contributed by atoms with Crippen molar-refractivity contribution in [2.24, 2.45) is 4.99 Å². The summed E-state index contributed by atoms with van der Waals surface area (Å²) in [5.74, 6) is -0.330. The summed E-state index contributed by atoms with van der Waals surface area (Å²) in [5.41, 5.74) is 1.24. The van der Waals surface area contributed by atoms with Crippen molar-refractivity contribution in [2.45, 2.75) is 20.3 Å². The molecule has 0 aliphatic carbocycles. The fourth-order valence-electron chi connectivity index (χ4n) is 1.14. The lowest BCUT2D eigenvalue weighted by Gasteiger charge is -2.03. The third-order valence-electron chi connectivity index (χ3n) is 1.87. The Hall–Kier alpha value is -1.64. The Kier molecular flexibility index (Phi) is 4.54. The summed E-state index contributed by atoms with van der Waals surface area (Å²) in [6.45, 7) is 4.05. The molecular formula is C12H15NO2. The molecule has 15 heavy (non-hydrogen) atoms. The molecule has 0 fully saturated rings. The summed E-state index contributed by atoms with van der Waals surface area (Å²) >= 11 is 0. The average molecular weight is 205 g/mol. The van der Waals surface area contributed by atoms with E-state index in [9.17, 15) is 4.79 Å². The van der Waals surface area contributed by atoms with Crippen LogP contribution in [0.5, 0.6) is 0 Å². The van der Waals surface area contributed by atoms with Gasteiger partial charge in [-0.1, -0.05) is 25.1 Å². The van der Waals surface area contributed by atoms with Gasteiger partial charge >= 0.3 is 5.97 Å². The van der Waals surface area contributed by atoms with Crippen LogP contribution in [0.1, 0.15) is 20.3 Å². The minimum absolute atomic E-state index is 0.330. The van der Waals surface area contributed by atoms with Gasteiger partial charge in [-0.05, 0) is 25.5 Å². The standard InChI is InChI=1S/C12H15NO2/c1-3-11(12(14)15-4-2)13-10-8-6-5-7-9-10/h5-9H,3-4H2,1-2H3. The third kappa shape index (κ3) is 3.54. The van der Waals surface area contributed by atoms with E-state index in [0.29, 0.717) is 18.7 Å². The lowest BCUT2D eigenvalue weighted by molar-refractivity contribution is -0.135. The first-order valence-corrected chi connectivity index (χ1v) is 5.07. The van der Waals surface area contributed by atoms with E-state index in [1.165, 1.54) is 0 Å². The van der Waals surface area contributed by atoms with Crippen LogP contribution in [0.3, 0.4) is 0 Å². The molecule has 0 amide bonds. The molecular weight excluding hydrogens is 190 g/mol. The first kappa shape index (κ1) is 11.4. The number of para-hydroxylation sites is 1. The molecule has 0 aromatic heterocycles. The van der Waals surface area contributed by atoms with Gasteiger partial charge < -0.3 is 4.74 Å². The van der Waals surface area contributed by atoms with Crippen LogP contribution in [0.2, 0.25) is 0 Å². The fourth-order valence-corrected chi connectivity index (χ4v) is 1.14. The second-order valence-corrected chi connectivity index (χ2v) is 2.97. The highest BCUT2D eigenvalue weighted by Crippen LogP contribution is 2.11. The normalized spacial score (nSPS) is 11.2. The van der Waals surface area contributed by atoms with Crippen molar-refractivity contribution in [2.75, 3.05) is 6.61 Å². The molecule has 0 saturated heterocycles. The van der Waals surface area contributed by atoms with Gasteiger partial charge in [-0.2, -0.15) is 0 Å². The molecule has 0 spiro atoms. The average Bonchev–Trinajstić information content (AvgIpc) is 2.27. The van der Waals surface area contributed by atoms with Crippen molar-refractivity contribution in [3.63, 3.8) is 0 Å². The zero-order chi connectivity index (χ0) is 11.1. The Morgan fingerprint density at radius 2 is 1.93 bits per heavy atom. The molecule has 0 N–H and O–H groups in total. The molecule has 0 unspecified atom stereocenters. The zero-order valence-electron chi connectivity index (χ0n) is 9.06. The summed E-state index contributed by atoms with van der Waals surface area (Å²) in [4.78, 5) is 15.7. The Labute approximate surface area is 89.8 Å². The number of carbonyl (C=O) groups is 1. The van der Waals surface area contributed by atoms with Gasteiger partial charge in [0, 0.05) is 0 Å². The lowest BCUT2D eigenvalue weighted by atomic mass is 10.2. The van der Waals surface area contributed by atoms with Crippen LogP contribution in [0.4, 0.5) is 5.69 Å². The van der Waals surface area contributed by atoms with Gasteiger partial charge in [0.25, 0.3) is 0 Å². The number of carbonyl (C=O) groups excluding carboxylic acids is 1. The molecule has 80 valence electrons. The lowest BCUT2D eigenvalue weighted by Crippen LogP contribution is -2.16.